The molecule has 66 heavy (non-hydrogen) atoms. The maximum Gasteiger partial charge on any atom is 0.161 e. The van der Waals surface area contributed by atoms with Crippen LogP contribution in [0.5, 0.6) is 23.0 Å². The van der Waals surface area contributed by atoms with E-state index in [0.29, 0.717) is 208 Å². The Hall–Kier alpha value is -2.22. The van der Waals surface area contributed by atoms with Gasteiger partial charge >= 0.3 is 0 Å². The van der Waals surface area contributed by atoms with Crippen molar-refractivity contribution in [2.75, 3.05) is 185 Å². The molecule has 0 fully saturated rings. The fraction of sp³-hybridized carbons (Fsp3) is 0.609. The summed E-state index contributed by atoms with van der Waals surface area (Å²) in [5.41, 5.74) is 0. The molecule has 4 aliphatic rings. The summed E-state index contributed by atoms with van der Waals surface area (Å²) < 4.78 is 96.4. The molecule has 20 heteroatoms. The average molecular weight is 1000 g/mol. The van der Waals surface area contributed by atoms with E-state index in [2.05, 4.69) is 0 Å². The first kappa shape index (κ1) is 53.1. The first-order chi connectivity index (χ1) is 32.8. The minimum atomic E-state index is 0.396. The van der Waals surface area contributed by atoms with E-state index in [-0.39, 0.29) is 0 Å². The van der Waals surface area contributed by atoms with Gasteiger partial charge in [0.25, 0.3) is 0 Å². The van der Waals surface area contributed by atoms with Gasteiger partial charge in [-0.3, -0.25) is 0 Å². The normalized spacial score (nSPS) is 22.3. The van der Waals surface area contributed by atoms with E-state index in [4.69, 9.17) is 75.8 Å². The Kier molecular flexibility index (Phi) is 27.5. The predicted molar refractivity (Wildman–Crippen MR) is 256 cm³/mol. The third-order valence-corrected chi connectivity index (χ3v) is 15.0. The van der Waals surface area contributed by atoms with Crippen LogP contribution < -0.4 is 18.9 Å². The van der Waals surface area contributed by atoms with Crippen molar-refractivity contribution in [1.82, 2.24) is 0 Å². The zero-order valence-electron chi connectivity index (χ0n) is 37.6. The Balaban J connectivity index is 0.969. The number of fused-ring (bicyclic) bond motifs is 2. The van der Waals surface area contributed by atoms with Crippen molar-refractivity contribution in [3.63, 3.8) is 0 Å². The highest BCUT2D eigenvalue weighted by molar-refractivity contribution is 8.34. The van der Waals surface area contributed by atoms with E-state index in [1.54, 1.807) is 47.0 Å². The van der Waals surface area contributed by atoms with Crippen LogP contribution in [0.4, 0.5) is 0 Å². The third-order valence-electron chi connectivity index (χ3n) is 9.20. The number of benzene rings is 2. The van der Waals surface area contributed by atoms with Crippen LogP contribution in [0.3, 0.4) is 0 Å². The summed E-state index contributed by atoms with van der Waals surface area (Å²) in [7, 11) is 0. The maximum atomic E-state index is 6.12. The molecule has 6 rings (SSSR count). The van der Waals surface area contributed by atoms with Gasteiger partial charge in [0, 0.05) is 19.6 Å². The van der Waals surface area contributed by atoms with Gasteiger partial charge in [0.2, 0.25) is 0 Å². The summed E-state index contributed by atoms with van der Waals surface area (Å²) in [6, 6.07) is 15.2. The largest absolute Gasteiger partial charge is 0.487 e. The molecule has 0 N–H and O–H groups in total. The second kappa shape index (κ2) is 34.1. The van der Waals surface area contributed by atoms with Crippen molar-refractivity contribution in [2.24, 2.45) is 0 Å². The van der Waals surface area contributed by atoms with Crippen LogP contribution in [-0.2, 0) is 56.8 Å². The quantitative estimate of drug-likeness (QED) is 0.278. The smallest absolute Gasteiger partial charge is 0.161 e. The summed E-state index contributed by atoms with van der Waals surface area (Å²) in [4.78, 5) is 4.48. The Bertz CT molecular complexity index is 1510. The second-order valence-corrected chi connectivity index (χ2v) is 19.0. The Labute approximate surface area is 405 Å². The minimum absolute atomic E-state index is 0.396. The molecule has 0 saturated heterocycles. The molecule has 0 unspecified atom stereocenters. The lowest BCUT2D eigenvalue weighted by Crippen LogP contribution is -2.14. The van der Waals surface area contributed by atoms with Crippen LogP contribution >= 0.6 is 47.0 Å². The summed E-state index contributed by atoms with van der Waals surface area (Å²) in [6.45, 7) is 12.4. The van der Waals surface area contributed by atoms with Gasteiger partial charge in [-0.15, -0.1) is 0 Å². The molecular formula is C46H64O16S4. The zero-order chi connectivity index (χ0) is 45.4. The van der Waals surface area contributed by atoms with Gasteiger partial charge < -0.3 is 75.8 Å². The van der Waals surface area contributed by atoms with Gasteiger partial charge in [-0.25, -0.2) is 0 Å². The molecule has 0 aliphatic carbocycles. The average Bonchev–Trinajstić information content (AvgIpc) is 3.94. The highest BCUT2D eigenvalue weighted by atomic mass is 32.2. The van der Waals surface area contributed by atoms with E-state index in [1.165, 1.54) is 8.47 Å². The van der Waals surface area contributed by atoms with Crippen LogP contribution in [-0.4, -0.2) is 185 Å². The summed E-state index contributed by atoms with van der Waals surface area (Å²) in [5, 5.41) is 0. The molecule has 4 heterocycles. The first-order valence-electron chi connectivity index (χ1n) is 22.4. The fourth-order valence-corrected chi connectivity index (χ4v) is 11.5. The number of hydrogen-bond donors (Lipinski definition) is 0. The summed E-state index contributed by atoms with van der Waals surface area (Å²) in [6.07, 6.45) is 0. The maximum absolute atomic E-state index is 6.12. The lowest BCUT2D eigenvalue weighted by Gasteiger charge is -2.13. The predicted octanol–water partition coefficient (Wildman–Crippen LogP) is 6.64. The van der Waals surface area contributed by atoms with E-state index in [9.17, 15) is 0 Å². The first-order valence-corrected chi connectivity index (χ1v) is 25.6. The molecule has 4 aliphatic heterocycles. The highest BCUT2D eigenvalue weighted by Crippen LogP contribution is 2.60. The van der Waals surface area contributed by atoms with Crippen molar-refractivity contribution < 1.29 is 75.8 Å². The molecule has 16 nitrogen and oxygen atoms in total. The zero-order valence-corrected chi connectivity index (χ0v) is 40.8. The summed E-state index contributed by atoms with van der Waals surface area (Å²) >= 11 is 6.91. The van der Waals surface area contributed by atoms with Gasteiger partial charge in [0.05, 0.1) is 167 Å². The van der Waals surface area contributed by atoms with Crippen molar-refractivity contribution in [3.05, 3.63) is 76.6 Å². The van der Waals surface area contributed by atoms with Crippen molar-refractivity contribution in [2.45, 2.75) is 0 Å². The highest BCUT2D eigenvalue weighted by Gasteiger charge is 2.30. The molecule has 0 radical (unpaired) electrons. The molecule has 0 spiro atoms. The van der Waals surface area contributed by atoms with Crippen LogP contribution in [0, 0.1) is 0 Å². The van der Waals surface area contributed by atoms with Crippen molar-refractivity contribution >= 4 is 47.0 Å². The molecule has 0 aromatic heterocycles. The van der Waals surface area contributed by atoms with E-state index in [0.717, 1.165) is 19.6 Å². The fourth-order valence-electron chi connectivity index (χ4n) is 5.96. The molecule has 2 aromatic carbocycles. The lowest BCUT2D eigenvalue weighted by molar-refractivity contribution is 0.0103. The topological polar surface area (TPSA) is 148 Å². The monoisotopic (exact) mass is 1000 g/mol. The standard InChI is InChI=1S/C46H64O16S4/c1-2-6-38-37(5-1)59-29-25-51-13-9-47-17-21-55-33-41-42(34-56-22-18-48-10-14-52-26-30-60-38)64-45(63-41)46-65-43-35-57-23-19-49-11-15-53-27-31-61-39-7-3-4-8-40(39)62-32-28-54-16-12-50-20-24-58-36-44(43)66-46/h1-8H,9-36H2. The summed E-state index contributed by atoms with van der Waals surface area (Å²) in [5.74, 6) is 2.67. The van der Waals surface area contributed by atoms with Crippen LogP contribution in [0.15, 0.2) is 76.6 Å². The second-order valence-electron chi connectivity index (χ2n) is 14.1. The van der Waals surface area contributed by atoms with E-state index < -0.39 is 0 Å². The molecular weight excluding hydrogens is 937 g/mol. The van der Waals surface area contributed by atoms with E-state index in [1.807, 2.05) is 48.5 Å². The molecule has 0 atom stereocenters. The lowest BCUT2D eigenvalue weighted by atomic mass is 10.3. The number of para-hydroxylation sites is 4. The third kappa shape index (κ3) is 21.2. The Morgan fingerprint density at radius 3 is 0.621 bits per heavy atom. The van der Waals surface area contributed by atoms with Crippen LogP contribution in [0.1, 0.15) is 0 Å². The van der Waals surface area contributed by atoms with Gasteiger partial charge in [-0.1, -0.05) is 71.3 Å². The van der Waals surface area contributed by atoms with Crippen molar-refractivity contribution in [1.29, 1.82) is 0 Å². The number of rotatable bonds is 0. The molecule has 0 saturated carbocycles. The van der Waals surface area contributed by atoms with Gasteiger partial charge in [-0.05, 0) is 24.3 Å². The number of thioether (sulfide) groups is 4. The molecule has 2 aromatic rings. The van der Waals surface area contributed by atoms with Crippen molar-refractivity contribution in [3.8, 4) is 23.0 Å². The minimum Gasteiger partial charge on any atom is -0.487 e. The van der Waals surface area contributed by atoms with E-state index >= 15 is 0 Å². The van der Waals surface area contributed by atoms with Crippen LogP contribution in [0.25, 0.3) is 0 Å². The number of ether oxygens (including phenoxy) is 16. The Morgan fingerprint density at radius 2 is 0.409 bits per heavy atom. The van der Waals surface area contributed by atoms with Gasteiger partial charge in [-0.2, -0.15) is 0 Å². The van der Waals surface area contributed by atoms with Gasteiger partial charge in [0.1, 0.15) is 26.4 Å². The van der Waals surface area contributed by atoms with Gasteiger partial charge in [0.15, 0.2) is 23.0 Å². The number of hydrogen-bond acceptors (Lipinski definition) is 20. The van der Waals surface area contributed by atoms with Crippen LogP contribution in [0.2, 0.25) is 0 Å². The SMILES string of the molecule is c1ccc2c(c1)OCCOCCOCCOCC1=C(COCCOCCOCCO2)SC(=C2SC3=C(COCCOCCOCCOc4ccccc4OCCOCCOCCOC3)S2)S1. The molecule has 0 bridgehead atoms. The Morgan fingerprint density at radius 1 is 0.227 bits per heavy atom. The molecule has 368 valence electrons. The molecule has 0 amide bonds.